The van der Waals surface area contributed by atoms with Crippen molar-refractivity contribution < 1.29 is 4.74 Å². The van der Waals surface area contributed by atoms with E-state index in [2.05, 4.69) is 5.43 Å². The molecule has 0 saturated heterocycles. The van der Waals surface area contributed by atoms with Crippen LogP contribution in [0.4, 0.5) is 0 Å². The summed E-state index contributed by atoms with van der Waals surface area (Å²) in [5.41, 5.74) is 10.2. The van der Waals surface area contributed by atoms with Crippen molar-refractivity contribution in [1.29, 1.82) is 5.26 Å². The van der Waals surface area contributed by atoms with Gasteiger partial charge in [-0.25, -0.2) is 5.84 Å². The molecule has 0 aliphatic rings. The molecule has 0 amide bonds. The van der Waals surface area contributed by atoms with Crippen molar-refractivity contribution in [3.05, 3.63) is 70.4 Å². The van der Waals surface area contributed by atoms with Gasteiger partial charge in [0.25, 0.3) is 0 Å². The Hall–Kier alpha value is -2.68. The van der Waals surface area contributed by atoms with Crippen molar-refractivity contribution in [1.82, 2.24) is 5.43 Å². The Labute approximate surface area is 133 Å². The van der Waals surface area contributed by atoms with E-state index in [0.29, 0.717) is 22.9 Å². The molecule has 112 valence electrons. The molecule has 0 aromatic heterocycles. The average Bonchev–Trinajstić information content (AvgIpc) is 2.55. The minimum atomic E-state index is 0.106. The first kappa shape index (κ1) is 15.7. The third-order valence-corrected chi connectivity index (χ3v) is 3.24. The van der Waals surface area contributed by atoms with Crippen LogP contribution >= 0.6 is 11.6 Å². The number of nitriles is 1. The fourth-order valence-corrected chi connectivity index (χ4v) is 1.94. The highest BCUT2D eigenvalue weighted by atomic mass is 35.5. The highest BCUT2D eigenvalue weighted by molar-refractivity contribution is 6.30. The van der Waals surface area contributed by atoms with Crippen molar-refractivity contribution in [2.75, 3.05) is 0 Å². The van der Waals surface area contributed by atoms with Gasteiger partial charge in [0, 0.05) is 10.6 Å². The number of allylic oxidation sites excluding steroid dienone is 1. The minimum absolute atomic E-state index is 0.106. The van der Waals surface area contributed by atoms with E-state index in [-0.39, 0.29) is 11.4 Å². The third kappa shape index (κ3) is 3.92. The maximum absolute atomic E-state index is 8.93. The Balaban J connectivity index is 2.14. The second-order valence-corrected chi connectivity index (χ2v) is 4.92. The molecule has 0 heterocycles. The number of ether oxygens (including phenoxy) is 1. The summed E-state index contributed by atoms with van der Waals surface area (Å²) in [5, 5.41) is 9.61. The van der Waals surface area contributed by atoms with Gasteiger partial charge in [0.15, 0.2) is 5.70 Å². The van der Waals surface area contributed by atoms with Crippen LogP contribution in [0.5, 0.6) is 5.75 Å². The largest absolute Gasteiger partial charge is 0.489 e. The highest BCUT2D eigenvalue weighted by Gasteiger charge is 2.06. The zero-order valence-electron chi connectivity index (χ0n) is 11.7. The minimum Gasteiger partial charge on any atom is -0.489 e. The molecular formula is C16H15ClN4O. The first-order valence-electron chi connectivity index (χ1n) is 6.48. The smallest absolute Gasteiger partial charge is 0.151 e. The van der Waals surface area contributed by atoms with E-state index in [1.54, 1.807) is 18.2 Å². The SMILES string of the molecule is N#C/C(NN)=C(/N)c1cccc(OCc2ccc(Cl)cc2)c1. The van der Waals surface area contributed by atoms with Crippen LogP contribution in [0.15, 0.2) is 54.2 Å². The van der Waals surface area contributed by atoms with E-state index in [0.717, 1.165) is 5.56 Å². The van der Waals surface area contributed by atoms with Gasteiger partial charge in [-0.15, -0.1) is 0 Å². The fraction of sp³-hybridized carbons (Fsp3) is 0.0625. The van der Waals surface area contributed by atoms with Crippen LogP contribution in [-0.4, -0.2) is 0 Å². The number of rotatable bonds is 5. The Bertz CT molecular complexity index is 720. The van der Waals surface area contributed by atoms with Gasteiger partial charge in [0.2, 0.25) is 0 Å². The van der Waals surface area contributed by atoms with Crippen LogP contribution in [0.25, 0.3) is 5.70 Å². The van der Waals surface area contributed by atoms with Crippen molar-refractivity contribution in [3.8, 4) is 11.8 Å². The molecule has 0 bridgehead atoms. The van der Waals surface area contributed by atoms with E-state index < -0.39 is 0 Å². The lowest BCUT2D eigenvalue weighted by atomic mass is 10.1. The number of hydrogen-bond acceptors (Lipinski definition) is 5. The molecule has 2 rings (SSSR count). The zero-order chi connectivity index (χ0) is 15.9. The van der Waals surface area contributed by atoms with Crippen molar-refractivity contribution in [2.45, 2.75) is 6.61 Å². The van der Waals surface area contributed by atoms with Gasteiger partial charge in [0.05, 0.1) is 5.70 Å². The number of benzene rings is 2. The normalized spacial score (nSPS) is 11.3. The number of nitrogens with one attached hydrogen (secondary N) is 1. The summed E-state index contributed by atoms with van der Waals surface area (Å²) in [7, 11) is 0. The quantitative estimate of drug-likeness (QED) is 0.447. The number of hydrogen-bond donors (Lipinski definition) is 3. The summed E-state index contributed by atoms with van der Waals surface area (Å²) < 4.78 is 5.71. The topological polar surface area (TPSA) is 97.1 Å². The second kappa shape index (κ2) is 7.36. The maximum Gasteiger partial charge on any atom is 0.151 e. The molecule has 0 aliphatic carbocycles. The summed E-state index contributed by atoms with van der Waals surface area (Å²) in [6.45, 7) is 0.407. The van der Waals surface area contributed by atoms with E-state index in [1.807, 2.05) is 36.4 Å². The molecule has 0 atom stereocenters. The summed E-state index contributed by atoms with van der Waals surface area (Å²) in [5.74, 6) is 5.90. The summed E-state index contributed by atoms with van der Waals surface area (Å²) in [6.07, 6.45) is 0. The van der Waals surface area contributed by atoms with Crippen molar-refractivity contribution in [2.24, 2.45) is 11.6 Å². The van der Waals surface area contributed by atoms with Gasteiger partial charge in [-0.1, -0.05) is 35.9 Å². The molecule has 22 heavy (non-hydrogen) atoms. The Kier molecular flexibility index (Phi) is 5.26. The molecule has 6 heteroatoms. The lowest BCUT2D eigenvalue weighted by Gasteiger charge is -2.09. The van der Waals surface area contributed by atoms with Gasteiger partial charge >= 0.3 is 0 Å². The first-order chi connectivity index (χ1) is 10.6. The zero-order valence-corrected chi connectivity index (χ0v) is 12.5. The molecule has 0 aliphatic heterocycles. The van der Waals surface area contributed by atoms with Gasteiger partial charge in [-0.05, 0) is 29.8 Å². The standard InChI is InChI=1S/C16H15ClN4O/c17-13-6-4-11(5-7-13)10-22-14-3-1-2-12(8-14)16(19)15(9-18)21-20/h1-8,21H,10,19-20H2/b16-15-. The molecule has 5 nitrogen and oxygen atoms in total. The van der Waals surface area contributed by atoms with Crippen molar-refractivity contribution in [3.63, 3.8) is 0 Å². The molecule has 0 saturated carbocycles. The molecule has 2 aromatic carbocycles. The molecule has 2 aromatic rings. The van der Waals surface area contributed by atoms with Crippen LogP contribution in [-0.2, 0) is 6.61 Å². The van der Waals surface area contributed by atoms with E-state index in [9.17, 15) is 0 Å². The summed E-state index contributed by atoms with van der Waals surface area (Å²) in [4.78, 5) is 0. The predicted molar refractivity (Wildman–Crippen MR) is 86.3 cm³/mol. The number of halogens is 1. The molecule has 5 N–H and O–H groups in total. The van der Waals surface area contributed by atoms with Crippen LogP contribution in [0, 0.1) is 11.3 Å². The molecule has 0 unspecified atom stereocenters. The Morgan fingerprint density at radius 3 is 2.59 bits per heavy atom. The summed E-state index contributed by atoms with van der Waals surface area (Å²) >= 11 is 5.84. The number of hydrazine groups is 1. The lowest BCUT2D eigenvalue weighted by Crippen LogP contribution is -2.23. The Morgan fingerprint density at radius 2 is 1.95 bits per heavy atom. The van der Waals surface area contributed by atoms with E-state index in [4.69, 9.17) is 33.2 Å². The van der Waals surface area contributed by atoms with Crippen molar-refractivity contribution >= 4 is 17.3 Å². The van der Waals surface area contributed by atoms with Gasteiger partial charge in [-0.2, -0.15) is 5.26 Å². The number of nitrogens with zero attached hydrogens (tertiary/aromatic N) is 1. The third-order valence-electron chi connectivity index (χ3n) is 2.99. The molecular weight excluding hydrogens is 300 g/mol. The first-order valence-corrected chi connectivity index (χ1v) is 6.86. The van der Waals surface area contributed by atoms with Crippen LogP contribution in [0.3, 0.4) is 0 Å². The lowest BCUT2D eigenvalue weighted by molar-refractivity contribution is 0.306. The summed E-state index contributed by atoms with van der Waals surface area (Å²) in [6, 6.07) is 16.4. The second-order valence-electron chi connectivity index (χ2n) is 4.49. The van der Waals surface area contributed by atoms with E-state index >= 15 is 0 Å². The van der Waals surface area contributed by atoms with Gasteiger partial charge in [0.1, 0.15) is 18.4 Å². The van der Waals surface area contributed by atoms with Gasteiger partial charge < -0.3 is 15.9 Å². The van der Waals surface area contributed by atoms with Crippen LogP contribution in [0.2, 0.25) is 5.02 Å². The number of nitrogens with two attached hydrogens (primary N) is 2. The van der Waals surface area contributed by atoms with Crippen LogP contribution in [0.1, 0.15) is 11.1 Å². The molecule has 0 spiro atoms. The van der Waals surface area contributed by atoms with E-state index in [1.165, 1.54) is 0 Å². The maximum atomic E-state index is 8.93. The highest BCUT2D eigenvalue weighted by Crippen LogP contribution is 2.20. The Morgan fingerprint density at radius 1 is 1.23 bits per heavy atom. The molecule has 0 fully saturated rings. The predicted octanol–water partition coefficient (Wildman–Crippen LogP) is 2.53. The average molecular weight is 315 g/mol. The fourth-order valence-electron chi connectivity index (χ4n) is 1.82. The van der Waals surface area contributed by atoms with Crippen LogP contribution < -0.4 is 21.7 Å². The van der Waals surface area contributed by atoms with Gasteiger partial charge in [-0.3, -0.25) is 0 Å². The monoisotopic (exact) mass is 314 g/mol. The molecule has 0 radical (unpaired) electrons.